The minimum atomic E-state index is -4.57. The van der Waals surface area contributed by atoms with E-state index in [1.807, 2.05) is 0 Å². The molecule has 1 heterocycles. The lowest BCUT2D eigenvalue weighted by molar-refractivity contribution is -0.137. The van der Waals surface area contributed by atoms with Crippen LogP contribution in [0.1, 0.15) is 11.1 Å². The fourth-order valence-electron chi connectivity index (χ4n) is 1.85. The van der Waals surface area contributed by atoms with Crippen LogP contribution in [0.5, 0.6) is 5.75 Å². The van der Waals surface area contributed by atoms with E-state index in [-0.39, 0.29) is 22.4 Å². The third-order valence-electron chi connectivity index (χ3n) is 2.75. The van der Waals surface area contributed by atoms with E-state index in [1.54, 1.807) is 6.07 Å². The third kappa shape index (κ3) is 2.57. The van der Waals surface area contributed by atoms with Crippen molar-refractivity contribution >= 4 is 0 Å². The Balaban J connectivity index is 2.71. The first-order valence-electron chi connectivity index (χ1n) is 5.57. The Kier molecular flexibility index (Phi) is 3.61. The average Bonchev–Trinajstić information content (AvgIpc) is 2.45. The molecule has 2 aromatic rings. The summed E-state index contributed by atoms with van der Waals surface area (Å²) < 4.78 is 44.4. The fraction of sp³-hybridized carbons (Fsp3) is 0.143. The molecule has 0 aliphatic rings. The van der Waals surface area contributed by atoms with Gasteiger partial charge in [0.15, 0.2) is 0 Å². The number of benzene rings is 1. The maximum absolute atomic E-state index is 13.1. The Labute approximate surface area is 113 Å². The molecule has 3 nitrogen and oxygen atoms in total. The van der Waals surface area contributed by atoms with Crippen LogP contribution in [0.15, 0.2) is 36.7 Å². The maximum Gasteiger partial charge on any atom is 0.417 e. The van der Waals surface area contributed by atoms with E-state index in [4.69, 9.17) is 10.00 Å². The van der Waals surface area contributed by atoms with Crippen LogP contribution in [0.25, 0.3) is 11.1 Å². The lowest BCUT2D eigenvalue weighted by Gasteiger charge is -2.15. The maximum atomic E-state index is 13.1. The van der Waals surface area contributed by atoms with Gasteiger partial charge in [0.05, 0.1) is 24.3 Å². The zero-order valence-electron chi connectivity index (χ0n) is 10.4. The summed E-state index contributed by atoms with van der Waals surface area (Å²) in [6, 6.07) is 6.58. The van der Waals surface area contributed by atoms with Crippen molar-refractivity contribution < 1.29 is 17.9 Å². The Hall–Kier alpha value is -2.55. The highest BCUT2D eigenvalue weighted by molar-refractivity contribution is 5.73. The summed E-state index contributed by atoms with van der Waals surface area (Å²) in [6.07, 6.45) is -1.84. The van der Waals surface area contributed by atoms with Crippen molar-refractivity contribution in [2.24, 2.45) is 0 Å². The summed E-state index contributed by atoms with van der Waals surface area (Å²) in [5.74, 6) is 0.287. The molecule has 1 aromatic heterocycles. The van der Waals surface area contributed by atoms with Gasteiger partial charge in [-0.2, -0.15) is 18.4 Å². The molecule has 0 N–H and O–H groups in total. The quantitative estimate of drug-likeness (QED) is 0.842. The van der Waals surface area contributed by atoms with E-state index < -0.39 is 11.7 Å². The molecule has 0 saturated carbocycles. The lowest BCUT2D eigenvalue weighted by Crippen LogP contribution is -2.08. The van der Waals surface area contributed by atoms with E-state index in [2.05, 4.69) is 4.98 Å². The van der Waals surface area contributed by atoms with Crippen molar-refractivity contribution in [1.82, 2.24) is 4.98 Å². The number of alkyl halides is 3. The Bertz CT molecular complexity index is 675. The summed E-state index contributed by atoms with van der Waals surface area (Å²) in [6.45, 7) is 0. The summed E-state index contributed by atoms with van der Waals surface area (Å²) in [4.78, 5) is 3.82. The number of aromatic nitrogens is 1. The molecule has 20 heavy (non-hydrogen) atoms. The van der Waals surface area contributed by atoms with Gasteiger partial charge in [-0.25, -0.2) is 0 Å². The van der Waals surface area contributed by atoms with Gasteiger partial charge < -0.3 is 4.74 Å². The minimum absolute atomic E-state index is 0.0519. The standard InChI is InChI=1S/C14H9F3N2O/c1-20-13-4-5-19-8-11(13)10-3-2-9(7-18)6-12(10)14(15,16)17/h2-6,8H,1H3. The van der Waals surface area contributed by atoms with Gasteiger partial charge in [0.25, 0.3) is 0 Å². The predicted octanol–water partition coefficient (Wildman–Crippen LogP) is 3.65. The first kappa shape index (κ1) is 13.9. The third-order valence-corrected chi connectivity index (χ3v) is 2.75. The lowest BCUT2D eigenvalue weighted by atomic mass is 9.98. The topological polar surface area (TPSA) is 45.9 Å². The van der Waals surface area contributed by atoms with Crippen LogP contribution >= 0.6 is 0 Å². The average molecular weight is 278 g/mol. The van der Waals surface area contributed by atoms with Crippen LogP contribution in [-0.4, -0.2) is 12.1 Å². The van der Waals surface area contributed by atoms with Gasteiger partial charge in [0.1, 0.15) is 5.75 Å². The van der Waals surface area contributed by atoms with Crippen LogP contribution < -0.4 is 4.74 Å². The van der Waals surface area contributed by atoms with Crippen LogP contribution in [0.2, 0.25) is 0 Å². The van der Waals surface area contributed by atoms with Gasteiger partial charge in [-0.1, -0.05) is 6.07 Å². The van der Waals surface area contributed by atoms with E-state index >= 15 is 0 Å². The normalized spacial score (nSPS) is 10.9. The van der Waals surface area contributed by atoms with Crippen molar-refractivity contribution in [2.45, 2.75) is 6.18 Å². The molecular formula is C14H9F3N2O. The van der Waals surface area contributed by atoms with Crippen molar-refractivity contribution in [2.75, 3.05) is 7.11 Å². The molecule has 2 rings (SSSR count). The van der Waals surface area contributed by atoms with Crippen molar-refractivity contribution in [1.29, 1.82) is 5.26 Å². The van der Waals surface area contributed by atoms with Gasteiger partial charge in [-0.05, 0) is 23.8 Å². The summed E-state index contributed by atoms with van der Waals surface area (Å²) >= 11 is 0. The molecule has 6 heteroatoms. The molecule has 0 saturated heterocycles. The van der Waals surface area contributed by atoms with Crippen molar-refractivity contribution in [3.8, 4) is 22.9 Å². The van der Waals surface area contributed by atoms with E-state index in [1.165, 1.54) is 37.7 Å². The summed E-state index contributed by atoms with van der Waals surface area (Å²) in [7, 11) is 1.37. The second-order valence-corrected chi connectivity index (χ2v) is 3.95. The van der Waals surface area contributed by atoms with Gasteiger partial charge in [-0.3, -0.25) is 4.98 Å². The van der Waals surface area contributed by atoms with E-state index in [9.17, 15) is 13.2 Å². The zero-order chi connectivity index (χ0) is 14.8. The number of hydrogen-bond acceptors (Lipinski definition) is 3. The number of nitriles is 1. The molecule has 0 spiro atoms. The van der Waals surface area contributed by atoms with Crippen LogP contribution in [0.3, 0.4) is 0 Å². The van der Waals surface area contributed by atoms with Crippen LogP contribution in [0.4, 0.5) is 13.2 Å². The summed E-state index contributed by atoms with van der Waals surface area (Å²) in [5, 5.41) is 8.74. The van der Waals surface area contributed by atoms with Crippen LogP contribution in [0, 0.1) is 11.3 Å². The molecule has 0 aliphatic carbocycles. The largest absolute Gasteiger partial charge is 0.496 e. The molecule has 0 atom stereocenters. The molecule has 0 radical (unpaired) electrons. The second-order valence-electron chi connectivity index (χ2n) is 3.95. The zero-order valence-corrected chi connectivity index (χ0v) is 10.4. The first-order chi connectivity index (χ1) is 9.47. The molecule has 0 fully saturated rings. The predicted molar refractivity (Wildman–Crippen MR) is 65.9 cm³/mol. The fourth-order valence-corrected chi connectivity index (χ4v) is 1.85. The Morgan fingerprint density at radius 2 is 1.95 bits per heavy atom. The molecule has 1 aromatic carbocycles. The van der Waals surface area contributed by atoms with Crippen LogP contribution in [-0.2, 0) is 6.18 Å². The first-order valence-corrected chi connectivity index (χ1v) is 5.57. The molecule has 0 amide bonds. The molecule has 0 unspecified atom stereocenters. The number of pyridine rings is 1. The van der Waals surface area contributed by atoms with Gasteiger partial charge in [-0.15, -0.1) is 0 Å². The number of ether oxygens (including phenoxy) is 1. The highest BCUT2D eigenvalue weighted by atomic mass is 19.4. The van der Waals surface area contributed by atoms with Gasteiger partial charge in [0, 0.05) is 18.0 Å². The molecule has 102 valence electrons. The molecular weight excluding hydrogens is 269 g/mol. The smallest absolute Gasteiger partial charge is 0.417 e. The molecule has 0 aliphatic heterocycles. The second kappa shape index (κ2) is 5.21. The van der Waals surface area contributed by atoms with Gasteiger partial charge >= 0.3 is 6.18 Å². The Morgan fingerprint density at radius 1 is 1.20 bits per heavy atom. The number of hydrogen-bond donors (Lipinski definition) is 0. The van der Waals surface area contributed by atoms with E-state index in [0.29, 0.717) is 0 Å². The van der Waals surface area contributed by atoms with Crippen molar-refractivity contribution in [3.63, 3.8) is 0 Å². The number of rotatable bonds is 2. The highest BCUT2D eigenvalue weighted by Gasteiger charge is 2.34. The minimum Gasteiger partial charge on any atom is -0.496 e. The number of methoxy groups -OCH3 is 1. The summed E-state index contributed by atoms with van der Waals surface area (Å²) in [5.41, 5.74) is -0.778. The monoisotopic (exact) mass is 278 g/mol. The number of nitrogens with zero attached hydrogens (tertiary/aromatic N) is 2. The van der Waals surface area contributed by atoms with Gasteiger partial charge in [0.2, 0.25) is 0 Å². The van der Waals surface area contributed by atoms with E-state index in [0.717, 1.165) is 6.07 Å². The number of halogens is 3. The highest BCUT2D eigenvalue weighted by Crippen LogP contribution is 2.40. The van der Waals surface area contributed by atoms with Crippen molar-refractivity contribution in [3.05, 3.63) is 47.8 Å². The molecule has 0 bridgehead atoms. The Morgan fingerprint density at radius 3 is 2.55 bits per heavy atom. The SMILES string of the molecule is COc1ccncc1-c1ccc(C#N)cc1C(F)(F)F.